The van der Waals surface area contributed by atoms with Crippen LogP contribution in [0, 0.1) is 0 Å². The van der Waals surface area contributed by atoms with Gasteiger partial charge in [0.2, 0.25) is 5.91 Å². The smallest absolute Gasteiger partial charge is 0.230 e. The number of anilines is 1. The Bertz CT molecular complexity index is 533. The van der Waals surface area contributed by atoms with Gasteiger partial charge in [0.15, 0.2) is 0 Å². The fourth-order valence-corrected chi connectivity index (χ4v) is 1.99. The first-order valence-electron chi connectivity index (χ1n) is 6.40. The fourth-order valence-electron chi connectivity index (χ4n) is 1.63. The molecule has 1 N–H and O–H groups in total. The normalized spacial score (nSPS) is 14.5. The number of carbonyl (C=O) groups excluding carboxylic acids is 1. The van der Waals surface area contributed by atoms with Crippen LogP contribution in [0.3, 0.4) is 0 Å². The fraction of sp³-hybridized carbons (Fsp3) is 0.333. The zero-order valence-corrected chi connectivity index (χ0v) is 13.3. The molecule has 0 unspecified atom stereocenters. The molecule has 1 aliphatic rings. The highest BCUT2D eigenvalue weighted by Gasteiger charge is 2.16. The molecule has 0 aromatic heterocycles. The Hall–Kier alpha value is -1.42. The molecule has 0 saturated carbocycles. The van der Waals surface area contributed by atoms with Crippen molar-refractivity contribution in [3.8, 4) is 0 Å². The molecule has 1 heterocycles. The second kappa shape index (κ2) is 7.24. The number of allylic oxidation sites excluding steroid dienone is 2. The first kappa shape index (κ1) is 15.6. The first-order valence-corrected chi connectivity index (χ1v) is 7.19. The zero-order valence-electron chi connectivity index (χ0n) is 11.7. The molecule has 1 amide bonds. The lowest BCUT2D eigenvalue weighted by Gasteiger charge is -2.04. The van der Waals surface area contributed by atoms with Gasteiger partial charge in [-0.05, 0) is 37.6 Å². The summed E-state index contributed by atoms with van der Waals surface area (Å²) in [5.41, 5.74) is 3.42. The quantitative estimate of drug-likeness (QED) is 0.788. The molecule has 0 saturated heterocycles. The molecular weight excluding hydrogens is 304 g/mol. The Labute approximate surface area is 123 Å². The molecule has 0 radical (unpaired) electrons. The third-order valence-electron chi connectivity index (χ3n) is 2.70. The number of carbonyl (C=O) groups is 1. The third-order valence-corrected chi connectivity index (χ3v) is 3.20. The summed E-state index contributed by atoms with van der Waals surface area (Å²) in [7, 11) is 0. The van der Waals surface area contributed by atoms with E-state index in [2.05, 4.69) is 26.2 Å². The first-order chi connectivity index (χ1) is 9.10. The number of rotatable bonds is 1. The van der Waals surface area contributed by atoms with E-state index in [0.29, 0.717) is 6.42 Å². The molecule has 1 aromatic carbocycles. The van der Waals surface area contributed by atoms with Gasteiger partial charge in [-0.2, -0.15) is 0 Å². The van der Waals surface area contributed by atoms with E-state index in [1.54, 1.807) is 0 Å². The molecular formula is C15H19BrN2O. The van der Waals surface area contributed by atoms with Crippen LogP contribution in [0.2, 0.25) is 0 Å². The van der Waals surface area contributed by atoms with Crippen LogP contribution in [0.15, 0.2) is 39.3 Å². The number of fused-ring (bicyclic) bond motifs is 1. The monoisotopic (exact) mass is 322 g/mol. The Kier molecular flexibility index (Phi) is 5.96. The molecule has 0 aliphatic carbocycles. The Morgan fingerprint density at radius 2 is 2.11 bits per heavy atom. The summed E-state index contributed by atoms with van der Waals surface area (Å²) in [5.74, 6) is -0.0261. The number of aliphatic imine (C=N–C) groups is 1. The Morgan fingerprint density at radius 1 is 1.42 bits per heavy atom. The van der Waals surface area contributed by atoms with Crippen LogP contribution in [0.4, 0.5) is 11.4 Å². The summed E-state index contributed by atoms with van der Waals surface area (Å²) < 4.78 is 0.929. The summed E-state index contributed by atoms with van der Waals surface area (Å²) in [5, 5.41) is 2.86. The number of nitrogens with one attached hydrogen (secondary N) is 1. The molecule has 1 aliphatic heterocycles. The summed E-state index contributed by atoms with van der Waals surface area (Å²) in [6.07, 6.45) is 2.29. The Morgan fingerprint density at radius 3 is 2.74 bits per heavy atom. The number of amides is 1. The van der Waals surface area contributed by atoms with Crippen molar-refractivity contribution < 1.29 is 4.79 Å². The molecule has 19 heavy (non-hydrogen) atoms. The third kappa shape index (κ3) is 4.03. The average Bonchev–Trinajstić information content (AvgIpc) is 2.57. The number of benzene rings is 1. The van der Waals surface area contributed by atoms with Crippen molar-refractivity contribution in [1.29, 1.82) is 0 Å². The molecule has 3 nitrogen and oxygen atoms in total. The number of halogens is 1. The summed E-state index contributed by atoms with van der Waals surface area (Å²) in [6.45, 7) is 7.92. The summed E-state index contributed by atoms with van der Waals surface area (Å²) >= 11 is 3.38. The number of hydrogen-bond acceptors (Lipinski definition) is 2. The van der Waals surface area contributed by atoms with E-state index in [0.717, 1.165) is 27.1 Å². The highest BCUT2D eigenvalue weighted by atomic mass is 79.9. The van der Waals surface area contributed by atoms with Gasteiger partial charge in [-0.3, -0.25) is 9.79 Å². The van der Waals surface area contributed by atoms with E-state index in [9.17, 15) is 4.79 Å². The van der Waals surface area contributed by atoms with Crippen molar-refractivity contribution in [3.05, 3.63) is 34.3 Å². The van der Waals surface area contributed by atoms with Crippen molar-refractivity contribution >= 4 is 38.9 Å². The van der Waals surface area contributed by atoms with Gasteiger partial charge >= 0.3 is 0 Å². The SMILES string of the molecule is C/C=C(\C)C1=Nc2ccc(Br)cc2NC(=O)C1.CC. The van der Waals surface area contributed by atoms with Crippen LogP contribution >= 0.6 is 15.9 Å². The largest absolute Gasteiger partial charge is 0.324 e. The van der Waals surface area contributed by atoms with Gasteiger partial charge in [0.25, 0.3) is 0 Å². The second-order valence-electron chi connectivity index (χ2n) is 3.92. The number of nitrogens with zero attached hydrogens (tertiary/aromatic N) is 1. The van der Waals surface area contributed by atoms with Gasteiger partial charge < -0.3 is 5.32 Å². The van der Waals surface area contributed by atoms with Crippen LogP contribution in [0.25, 0.3) is 0 Å². The molecule has 0 spiro atoms. The van der Waals surface area contributed by atoms with Gasteiger partial charge in [0.1, 0.15) is 0 Å². The average molecular weight is 323 g/mol. The molecule has 4 heteroatoms. The van der Waals surface area contributed by atoms with Crippen molar-refractivity contribution in [2.24, 2.45) is 4.99 Å². The van der Waals surface area contributed by atoms with Crippen LogP contribution in [-0.2, 0) is 4.79 Å². The number of hydrogen-bond donors (Lipinski definition) is 1. The van der Waals surface area contributed by atoms with E-state index in [-0.39, 0.29) is 5.91 Å². The van der Waals surface area contributed by atoms with Crippen molar-refractivity contribution in [2.45, 2.75) is 34.1 Å². The molecule has 0 bridgehead atoms. The molecule has 2 rings (SSSR count). The van der Waals surface area contributed by atoms with E-state index < -0.39 is 0 Å². The van der Waals surface area contributed by atoms with Gasteiger partial charge in [-0.1, -0.05) is 35.9 Å². The van der Waals surface area contributed by atoms with Crippen LogP contribution in [0.5, 0.6) is 0 Å². The lowest BCUT2D eigenvalue weighted by Crippen LogP contribution is -2.14. The van der Waals surface area contributed by atoms with E-state index in [1.807, 2.05) is 52.0 Å². The van der Waals surface area contributed by atoms with E-state index in [1.165, 1.54) is 0 Å². The molecule has 1 aromatic rings. The topological polar surface area (TPSA) is 41.5 Å². The predicted octanol–water partition coefficient (Wildman–Crippen LogP) is 4.86. The minimum absolute atomic E-state index is 0.0261. The van der Waals surface area contributed by atoms with Crippen molar-refractivity contribution in [3.63, 3.8) is 0 Å². The van der Waals surface area contributed by atoms with Crippen molar-refractivity contribution in [1.82, 2.24) is 0 Å². The minimum Gasteiger partial charge on any atom is -0.324 e. The summed E-state index contributed by atoms with van der Waals surface area (Å²) in [6, 6.07) is 5.68. The van der Waals surface area contributed by atoms with Gasteiger partial charge in [0, 0.05) is 4.47 Å². The lowest BCUT2D eigenvalue weighted by molar-refractivity contribution is -0.115. The van der Waals surface area contributed by atoms with Crippen LogP contribution in [0.1, 0.15) is 34.1 Å². The predicted molar refractivity (Wildman–Crippen MR) is 85.3 cm³/mol. The van der Waals surface area contributed by atoms with Gasteiger partial charge in [-0.15, -0.1) is 0 Å². The van der Waals surface area contributed by atoms with Gasteiger partial charge in [0.05, 0.1) is 23.5 Å². The maximum atomic E-state index is 11.8. The standard InChI is InChI=1S/C13H13BrN2O.C2H6/c1-3-8(2)11-7-13(17)16-12-6-9(14)4-5-10(12)15-11;1-2/h3-6H,7H2,1-2H3,(H,16,17);1-2H3/b8-3+;. The van der Waals surface area contributed by atoms with Gasteiger partial charge in [-0.25, -0.2) is 0 Å². The van der Waals surface area contributed by atoms with E-state index >= 15 is 0 Å². The maximum Gasteiger partial charge on any atom is 0.230 e. The minimum atomic E-state index is -0.0261. The van der Waals surface area contributed by atoms with Crippen molar-refractivity contribution in [2.75, 3.05) is 5.32 Å². The Balaban J connectivity index is 0.000000861. The summed E-state index contributed by atoms with van der Waals surface area (Å²) in [4.78, 5) is 16.3. The highest BCUT2D eigenvalue weighted by molar-refractivity contribution is 9.10. The second-order valence-corrected chi connectivity index (χ2v) is 4.83. The lowest BCUT2D eigenvalue weighted by atomic mass is 10.1. The maximum absolute atomic E-state index is 11.8. The van der Waals surface area contributed by atoms with Crippen LogP contribution in [-0.4, -0.2) is 11.6 Å². The highest BCUT2D eigenvalue weighted by Crippen LogP contribution is 2.31. The van der Waals surface area contributed by atoms with Crippen LogP contribution < -0.4 is 5.32 Å². The zero-order chi connectivity index (χ0) is 14.4. The molecule has 0 fully saturated rings. The molecule has 102 valence electrons. The molecule has 0 atom stereocenters. The van der Waals surface area contributed by atoms with E-state index in [4.69, 9.17) is 0 Å².